The first-order valence-corrected chi connectivity index (χ1v) is 6.98. The predicted octanol–water partition coefficient (Wildman–Crippen LogP) is 2.23. The van der Waals surface area contributed by atoms with Crippen LogP contribution in [0, 0.1) is 13.8 Å². The molecular weight excluding hydrogens is 268 g/mol. The summed E-state index contributed by atoms with van der Waals surface area (Å²) >= 11 is 0. The molecule has 2 aromatic rings. The summed E-state index contributed by atoms with van der Waals surface area (Å²) in [5, 5.41) is 4.35. The summed E-state index contributed by atoms with van der Waals surface area (Å²) in [6.45, 7) is 4.98. The molecule has 1 aromatic heterocycles. The minimum atomic E-state index is 0.0613. The second kappa shape index (κ2) is 5.24. The van der Waals surface area contributed by atoms with Crippen molar-refractivity contribution >= 4 is 5.78 Å². The first-order valence-electron chi connectivity index (χ1n) is 6.98. The fraction of sp³-hybridized carbons (Fsp3) is 0.375. The van der Waals surface area contributed by atoms with Crippen molar-refractivity contribution in [3.63, 3.8) is 0 Å². The zero-order valence-electron chi connectivity index (χ0n) is 12.5. The number of benzene rings is 1. The molecule has 3 rings (SSSR count). The Morgan fingerprint density at radius 3 is 2.62 bits per heavy atom. The highest BCUT2D eigenvalue weighted by atomic mass is 16.6. The molecule has 0 unspecified atom stereocenters. The summed E-state index contributed by atoms with van der Waals surface area (Å²) in [7, 11) is 1.89. The third kappa shape index (κ3) is 2.51. The Kier molecular flexibility index (Phi) is 3.41. The molecule has 0 spiro atoms. The van der Waals surface area contributed by atoms with Gasteiger partial charge in [-0.2, -0.15) is 5.10 Å². The molecule has 0 bridgehead atoms. The molecule has 1 aliphatic heterocycles. The smallest absolute Gasteiger partial charge is 0.167 e. The van der Waals surface area contributed by atoms with E-state index in [0.717, 1.165) is 17.0 Å². The number of hydrogen-bond donors (Lipinski definition) is 0. The van der Waals surface area contributed by atoms with Crippen molar-refractivity contribution in [2.75, 3.05) is 13.2 Å². The lowest BCUT2D eigenvalue weighted by atomic mass is 10.0. The number of carbonyl (C=O) groups excluding carboxylic acids is 1. The summed E-state index contributed by atoms with van der Waals surface area (Å²) in [4.78, 5) is 12.5. The van der Waals surface area contributed by atoms with Gasteiger partial charge in [0.05, 0.1) is 5.69 Å². The molecule has 0 saturated heterocycles. The van der Waals surface area contributed by atoms with Crippen LogP contribution in [-0.4, -0.2) is 28.8 Å². The molecule has 110 valence electrons. The highest BCUT2D eigenvalue weighted by molar-refractivity contribution is 5.98. The van der Waals surface area contributed by atoms with Crippen molar-refractivity contribution in [2.45, 2.75) is 20.3 Å². The van der Waals surface area contributed by atoms with Gasteiger partial charge in [-0.1, -0.05) is 0 Å². The molecule has 0 atom stereocenters. The molecular formula is C16H18N2O3. The monoisotopic (exact) mass is 286 g/mol. The number of ketones is 1. The maximum atomic E-state index is 12.5. The van der Waals surface area contributed by atoms with Crippen molar-refractivity contribution < 1.29 is 14.3 Å². The number of Topliss-reactive ketones (excluding diaryl/α,β-unsaturated/α-hetero) is 1. The van der Waals surface area contributed by atoms with E-state index >= 15 is 0 Å². The molecule has 0 fully saturated rings. The van der Waals surface area contributed by atoms with Crippen LogP contribution in [0.25, 0.3) is 0 Å². The van der Waals surface area contributed by atoms with Gasteiger partial charge in [0.2, 0.25) is 0 Å². The molecule has 1 aliphatic rings. The molecule has 0 saturated carbocycles. The topological polar surface area (TPSA) is 53.4 Å². The lowest BCUT2D eigenvalue weighted by Gasteiger charge is -2.18. The zero-order chi connectivity index (χ0) is 15.0. The van der Waals surface area contributed by atoms with Crippen LogP contribution in [0.15, 0.2) is 18.2 Å². The fourth-order valence-electron chi connectivity index (χ4n) is 2.55. The molecule has 0 N–H and O–H groups in total. The Morgan fingerprint density at radius 2 is 1.95 bits per heavy atom. The van der Waals surface area contributed by atoms with Crippen molar-refractivity contribution in [3.8, 4) is 11.5 Å². The maximum absolute atomic E-state index is 12.5. The van der Waals surface area contributed by atoms with E-state index in [2.05, 4.69) is 5.10 Å². The summed E-state index contributed by atoms with van der Waals surface area (Å²) in [5.74, 6) is 1.41. The third-order valence-corrected chi connectivity index (χ3v) is 3.86. The molecule has 5 nitrogen and oxygen atoms in total. The van der Waals surface area contributed by atoms with Gasteiger partial charge < -0.3 is 9.47 Å². The standard InChI is InChI=1S/C16H18N2O3/c1-10-13(11(2)18(3)17-10)9-14(19)12-4-5-15-16(8-12)21-7-6-20-15/h4-5,8H,6-7,9H2,1-3H3. The van der Waals surface area contributed by atoms with Crippen LogP contribution < -0.4 is 9.47 Å². The van der Waals surface area contributed by atoms with Crippen LogP contribution in [0.4, 0.5) is 0 Å². The molecule has 21 heavy (non-hydrogen) atoms. The Bertz CT molecular complexity index is 704. The summed E-state index contributed by atoms with van der Waals surface area (Å²) < 4.78 is 12.8. The predicted molar refractivity (Wildman–Crippen MR) is 78.1 cm³/mol. The largest absolute Gasteiger partial charge is 0.486 e. The van der Waals surface area contributed by atoms with Gasteiger partial charge in [0.25, 0.3) is 0 Å². The van der Waals surface area contributed by atoms with E-state index in [4.69, 9.17) is 9.47 Å². The van der Waals surface area contributed by atoms with Gasteiger partial charge in [-0.05, 0) is 32.0 Å². The average Bonchev–Trinajstić information content (AvgIpc) is 2.73. The van der Waals surface area contributed by atoms with Gasteiger partial charge in [0.1, 0.15) is 13.2 Å². The lowest BCUT2D eigenvalue weighted by molar-refractivity contribution is 0.0991. The quantitative estimate of drug-likeness (QED) is 0.812. The third-order valence-electron chi connectivity index (χ3n) is 3.86. The zero-order valence-corrected chi connectivity index (χ0v) is 12.5. The summed E-state index contributed by atoms with van der Waals surface area (Å²) in [6, 6.07) is 5.35. The van der Waals surface area contributed by atoms with E-state index in [1.54, 1.807) is 18.2 Å². The minimum absolute atomic E-state index is 0.0613. The van der Waals surface area contributed by atoms with E-state index < -0.39 is 0 Å². The second-order valence-electron chi connectivity index (χ2n) is 5.23. The number of ether oxygens (including phenoxy) is 2. The van der Waals surface area contributed by atoms with E-state index in [9.17, 15) is 4.79 Å². The molecule has 2 heterocycles. The van der Waals surface area contributed by atoms with Crippen LogP contribution in [0.3, 0.4) is 0 Å². The van der Waals surface area contributed by atoms with Crippen LogP contribution in [-0.2, 0) is 13.5 Å². The molecule has 1 aromatic carbocycles. The van der Waals surface area contributed by atoms with Gasteiger partial charge in [0, 0.05) is 30.3 Å². The normalized spacial score (nSPS) is 13.3. The number of aryl methyl sites for hydroxylation is 2. The number of fused-ring (bicyclic) bond motifs is 1. The Morgan fingerprint density at radius 1 is 1.24 bits per heavy atom. The van der Waals surface area contributed by atoms with Gasteiger partial charge in [-0.25, -0.2) is 0 Å². The van der Waals surface area contributed by atoms with Gasteiger partial charge in [-0.15, -0.1) is 0 Å². The van der Waals surface area contributed by atoms with E-state index in [1.807, 2.05) is 25.6 Å². The SMILES string of the molecule is Cc1nn(C)c(C)c1CC(=O)c1ccc2c(c1)OCCO2. The average molecular weight is 286 g/mol. The first kappa shape index (κ1) is 13.7. The lowest BCUT2D eigenvalue weighted by Crippen LogP contribution is -2.16. The highest BCUT2D eigenvalue weighted by Crippen LogP contribution is 2.31. The van der Waals surface area contributed by atoms with Crippen LogP contribution in [0.1, 0.15) is 27.3 Å². The Hall–Kier alpha value is -2.30. The number of hydrogen-bond acceptors (Lipinski definition) is 4. The molecule has 0 aliphatic carbocycles. The molecule has 0 amide bonds. The number of carbonyl (C=O) groups is 1. The number of nitrogens with zero attached hydrogens (tertiary/aromatic N) is 2. The van der Waals surface area contributed by atoms with E-state index in [1.165, 1.54) is 0 Å². The summed E-state index contributed by atoms with van der Waals surface area (Å²) in [6.07, 6.45) is 0.352. The van der Waals surface area contributed by atoms with Gasteiger partial charge in [0.15, 0.2) is 17.3 Å². The number of aromatic nitrogens is 2. The van der Waals surface area contributed by atoms with E-state index in [-0.39, 0.29) is 5.78 Å². The fourth-order valence-corrected chi connectivity index (χ4v) is 2.55. The van der Waals surface area contributed by atoms with Crippen LogP contribution in [0.2, 0.25) is 0 Å². The first-order chi connectivity index (χ1) is 10.1. The number of rotatable bonds is 3. The van der Waals surface area contributed by atoms with Crippen LogP contribution >= 0.6 is 0 Å². The van der Waals surface area contributed by atoms with Crippen molar-refractivity contribution in [3.05, 3.63) is 40.7 Å². The Balaban J connectivity index is 1.85. The molecule has 0 radical (unpaired) electrons. The summed E-state index contributed by atoms with van der Waals surface area (Å²) in [5.41, 5.74) is 3.57. The Labute approximate surface area is 123 Å². The van der Waals surface area contributed by atoms with Gasteiger partial charge >= 0.3 is 0 Å². The minimum Gasteiger partial charge on any atom is -0.486 e. The molecule has 5 heteroatoms. The van der Waals surface area contributed by atoms with Crippen molar-refractivity contribution in [2.24, 2.45) is 7.05 Å². The highest BCUT2D eigenvalue weighted by Gasteiger charge is 2.18. The second-order valence-corrected chi connectivity index (χ2v) is 5.23. The van der Waals surface area contributed by atoms with Crippen molar-refractivity contribution in [1.82, 2.24) is 9.78 Å². The van der Waals surface area contributed by atoms with Gasteiger partial charge in [-0.3, -0.25) is 9.48 Å². The van der Waals surface area contributed by atoms with E-state index in [0.29, 0.717) is 36.7 Å². The maximum Gasteiger partial charge on any atom is 0.167 e. The van der Waals surface area contributed by atoms with Crippen LogP contribution in [0.5, 0.6) is 11.5 Å². The van der Waals surface area contributed by atoms with Crippen molar-refractivity contribution in [1.29, 1.82) is 0 Å².